The molecule has 0 fully saturated rings. The van der Waals surface area contributed by atoms with E-state index in [0.717, 1.165) is 28.0 Å². The highest BCUT2D eigenvalue weighted by Crippen LogP contribution is 2.30. The van der Waals surface area contributed by atoms with Gasteiger partial charge in [0.25, 0.3) is 0 Å². The Morgan fingerprint density at radius 2 is 1.95 bits per heavy atom. The zero-order chi connectivity index (χ0) is 13.4. The standard InChI is InChI=1S/C15H12ClFN2/c1-9-18-13-6-5-11(8-14(13)19-9)15(16)10-3-2-4-12(17)7-10/h2-8,15H,1H3,(H,18,19). The average molecular weight is 275 g/mol. The summed E-state index contributed by atoms with van der Waals surface area (Å²) in [7, 11) is 0. The van der Waals surface area contributed by atoms with Crippen LogP contribution >= 0.6 is 11.6 Å². The Bertz CT molecular complexity index is 736. The van der Waals surface area contributed by atoms with Gasteiger partial charge in [-0.1, -0.05) is 18.2 Å². The lowest BCUT2D eigenvalue weighted by Gasteiger charge is -2.10. The van der Waals surface area contributed by atoms with Crippen LogP contribution in [0.2, 0.25) is 0 Å². The molecule has 0 saturated carbocycles. The van der Waals surface area contributed by atoms with E-state index in [1.165, 1.54) is 12.1 Å². The highest BCUT2D eigenvalue weighted by atomic mass is 35.5. The van der Waals surface area contributed by atoms with Crippen molar-refractivity contribution in [3.8, 4) is 0 Å². The van der Waals surface area contributed by atoms with Gasteiger partial charge in [-0.05, 0) is 42.3 Å². The fourth-order valence-electron chi connectivity index (χ4n) is 2.17. The average Bonchev–Trinajstić information content (AvgIpc) is 2.76. The van der Waals surface area contributed by atoms with Crippen LogP contribution in [0.5, 0.6) is 0 Å². The van der Waals surface area contributed by atoms with Crippen molar-refractivity contribution in [2.45, 2.75) is 12.3 Å². The molecule has 1 N–H and O–H groups in total. The fourth-order valence-corrected chi connectivity index (χ4v) is 2.44. The second-order valence-electron chi connectivity index (χ2n) is 4.52. The molecule has 96 valence electrons. The van der Waals surface area contributed by atoms with Crippen molar-refractivity contribution >= 4 is 22.6 Å². The monoisotopic (exact) mass is 274 g/mol. The van der Waals surface area contributed by atoms with Crippen molar-refractivity contribution in [3.05, 3.63) is 65.2 Å². The van der Waals surface area contributed by atoms with Crippen LogP contribution in [-0.2, 0) is 0 Å². The highest BCUT2D eigenvalue weighted by molar-refractivity contribution is 6.22. The first-order valence-electron chi connectivity index (χ1n) is 5.99. The van der Waals surface area contributed by atoms with Gasteiger partial charge in [0.05, 0.1) is 16.4 Å². The van der Waals surface area contributed by atoms with Crippen molar-refractivity contribution in [1.29, 1.82) is 0 Å². The van der Waals surface area contributed by atoms with Crippen LogP contribution in [0, 0.1) is 12.7 Å². The Kier molecular flexibility index (Phi) is 2.99. The molecular formula is C15H12ClFN2. The van der Waals surface area contributed by atoms with Crippen LogP contribution in [0.4, 0.5) is 4.39 Å². The van der Waals surface area contributed by atoms with Gasteiger partial charge in [0, 0.05) is 0 Å². The van der Waals surface area contributed by atoms with Gasteiger partial charge in [0.2, 0.25) is 0 Å². The van der Waals surface area contributed by atoms with Gasteiger partial charge in [-0.15, -0.1) is 11.6 Å². The normalized spacial score (nSPS) is 12.8. The van der Waals surface area contributed by atoms with Gasteiger partial charge in [-0.3, -0.25) is 0 Å². The molecule has 1 aromatic heterocycles. The molecule has 0 aliphatic carbocycles. The second kappa shape index (κ2) is 4.67. The first kappa shape index (κ1) is 12.2. The number of fused-ring (bicyclic) bond motifs is 1. The number of imidazole rings is 1. The Balaban J connectivity index is 2.03. The summed E-state index contributed by atoms with van der Waals surface area (Å²) in [5.74, 6) is 0.589. The van der Waals surface area contributed by atoms with Gasteiger partial charge in [-0.25, -0.2) is 9.37 Å². The number of aromatic amines is 1. The Morgan fingerprint density at radius 1 is 1.16 bits per heavy atom. The number of aromatic nitrogens is 2. The number of nitrogens with zero attached hydrogens (tertiary/aromatic N) is 1. The Morgan fingerprint density at radius 3 is 2.74 bits per heavy atom. The number of halogens is 2. The number of nitrogens with one attached hydrogen (secondary N) is 1. The summed E-state index contributed by atoms with van der Waals surface area (Å²) >= 11 is 6.41. The molecule has 1 heterocycles. The minimum absolute atomic E-state index is 0.276. The largest absolute Gasteiger partial charge is 0.342 e. The van der Waals surface area contributed by atoms with Gasteiger partial charge in [-0.2, -0.15) is 0 Å². The summed E-state index contributed by atoms with van der Waals surface area (Å²) in [5, 5.41) is -0.372. The van der Waals surface area contributed by atoms with E-state index in [4.69, 9.17) is 11.6 Å². The van der Waals surface area contributed by atoms with E-state index < -0.39 is 0 Å². The van der Waals surface area contributed by atoms with Crippen molar-refractivity contribution < 1.29 is 4.39 Å². The lowest BCUT2D eigenvalue weighted by molar-refractivity contribution is 0.626. The van der Waals surface area contributed by atoms with Crippen LogP contribution in [0.3, 0.4) is 0 Å². The number of aryl methyl sites for hydroxylation is 1. The van der Waals surface area contributed by atoms with Crippen LogP contribution < -0.4 is 0 Å². The van der Waals surface area contributed by atoms with Gasteiger partial charge in [0.1, 0.15) is 11.6 Å². The molecule has 1 unspecified atom stereocenters. The smallest absolute Gasteiger partial charge is 0.123 e. The zero-order valence-corrected chi connectivity index (χ0v) is 11.1. The maximum atomic E-state index is 13.2. The highest BCUT2D eigenvalue weighted by Gasteiger charge is 2.12. The van der Waals surface area contributed by atoms with Crippen molar-refractivity contribution in [2.75, 3.05) is 0 Å². The molecule has 3 aromatic rings. The number of H-pyrrole nitrogens is 1. The third kappa shape index (κ3) is 2.34. The number of hydrogen-bond acceptors (Lipinski definition) is 1. The quantitative estimate of drug-likeness (QED) is 0.692. The molecule has 3 rings (SSSR count). The summed E-state index contributed by atoms with van der Waals surface area (Å²) in [5.41, 5.74) is 3.52. The lowest BCUT2D eigenvalue weighted by Crippen LogP contribution is -1.94. The minimum Gasteiger partial charge on any atom is -0.342 e. The molecular weight excluding hydrogens is 263 g/mol. The first-order chi connectivity index (χ1) is 9.13. The third-order valence-electron chi connectivity index (χ3n) is 3.06. The summed E-state index contributed by atoms with van der Waals surface area (Å²) in [4.78, 5) is 7.51. The third-order valence-corrected chi connectivity index (χ3v) is 3.56. The Hall–Kier alpha value is -1.87. The van der Waals surface area contributed by atoms with Crippen LogP contribution in [0.1, 0.15) is 22.3 Å². The van der Waals surface area contributed by atoms with Crippen molar-refractivity contribution in [3.63, 3.8) is 0 Å². The molecule has 2 nitrogen and oxygen atoms in total. The lowest BCUT2D eigenvalue weighted by atomic mass is 10.0. The van der Waals surface area contributed by atoms with E-state index in [1.807, 2.05) is 31.2 Å². The summed E-state index contributed by atoms with van der Waals surface area (Å²) in [6.07, 6.45) is 0. The zero-order valence-electron chi connectivity index (χ0n) is 10.3. The van der Waals surface area contributed by atoms with Gasteiger partial charge < -0.3 is 4.98 Å². The van der Waals surface area contributed by atoms with Crippen LogP contribution in [0.25, 0.3) is 11.0 Å². The molecule has 0 bridgehead atoms. The van der Waals surface area contributed by atoms with E-state index in [-0.39, 0.29) is 11.2 Å². The number of rotatable bonds is 2. The van der Waals surface area contributed by atoms with E-state index in [0.29, 0.717) is 0 Å². The molecule has 0 radical (unpaired) electrons. The number of alkyl halides is 1. The van der Waals surface area contributed by atoms with E-state index in [9.17, 15) is 4.39 Å². The molecule has 2 aromatic carbocycles. The van der Waals surface area contributed by atoms with E-state index in [2.05, 4.69) is 9.97 Å². The number of hydrogen-bond donors (Lipinski definition) is 1. The molecule has 0 amide bonds. The predicted molar refractivity (Wildman–Crippen MR) is 74.9 cm³/mol. The fraction of sp³-hybridized carbons (Fsp3) is 0.133. The molecule has 0 spiro atoms. The van der Waals surface area contributed by atoms with E-state index >= 15 is 0 Å². The molecule has 0 aliphatic heterocycles. The van der Waals surface area contributed by atoms with Gasteiger partial charge >= 0.3 is 0 Å². The molecule has 19 heavy (non-hydrogen) atoms. The van der Waals surface area contributed by atoms with E-state index in [1.54, 1.807) is 6.07 Å². The van der Waals surface area contributed by atoms with Crippen LogP contribution in [-0.4, -0.2) is 9.97 Å². The molecule has 0 saturated heterocycles. The summed E-state index contributed by atoms with van der Waals surface area (Å²) in [6, 6.07) is 12.2. The maximum Gasteiger partial charge on any atom is 0.123 e. The predicted octanol–water partition coefficient (Wildman–Crippen LogP) is 4.34. The van der Waals surface area contributed by atoms with Crippen molar-refractivity contribution in [2.24, 2.45) is 0 Å². The maximum absolute atomic E-state index is 13.2. The number of benzene rings is 2. The first-order valence-corrected chi connectivity index (χ1v) is 6.43. The minimum atomic E-state index is -0.372. The second-order valence-corrected chi connectivity index (χ2v) is 4.95. The molecule has 4 heteroatoms. The Labute approximate surface area is 115 Å². The summed E-state index contributed by atoms with van der Waals surface area (Å²) < 4.78 is 13.2. The van der Waals surface area contributed by atoms with Crippen LogP contribution in [0.15, 0.2) is 42.5 Å². The molecule has 0 aliphatic rings. The van der Waals surface area contributed by atoms with Gasteiger partial charge in [0.15, 0.2) is 0 Å². The summed E-state index contributed by atoms with van der Waals surface area (Å²) in [6.45, 7) is 1.91. The van der Waals surface area contributed by atoms with Crippen molar-refractivity contribution in [1.82, 2.24) is 9.97 Å². The SMILES string of the molecule is Cc1nc2ccc(C(Cl)c3cccc(F)c3)cc2[nH]1. The molecule has 1 atom stereocenters. The topological polar surface area (TPSA) is 28.7 Å².